The zero-order valence-corrected chi connectivity index (χ0v) is 20.1. The third kappa shape index (κ3) is 5.20. The fourth-order valence-corrected chi connectivity index (χ4v) is 5.45. The van der Waals surface area contributed by atoms with Gasteiger partial charge in [0.1, 0.15) is 0 Å². The average molecular weight is 483 g/mol. The molecule has 0 saturated heterocycles. The first-order valence-electron chi connectivity index (χ1n) is 9.91. The Kier molecular flexibility index (Phi) is 6.64. The lowest BCUT2D eigenvalue weighted by Gasteiger charge is -2.20. The van der Waals surface area contributed by atoms with Gasteiger partial charge >= 0.3 is 0 Å². The van der Waals surface area contributed by atoms with Crippen molar-refractivity contribution in [3.8, 4) is 0 Å². The lowest BCUT2D eigenvalue weighted by molar-refractivity contribution is -0.118. The number of amides is 1. The van der Waals surface area contributed by atoms with Gasteiger partial charge in [0.25, 0.3) is 0 Å². The highest BCUT2D eigenvalue weighted by Crippen LogP contribution is 2.32. The van der Waals surface area contributed by atoms with E-state index in [-0.39, 0.29) is 17.2 Å². The Morgan fingerprint density at radius 2 is 1.72 bits per heavy atom. The van der Waals surface area contributed by atoms with E-state index in [0.717, 1.165) is 26.2 Å². The van der Waals surface area contributed by atoms with Crippen LogP contribution in [0.15, 0.2) is 82.6 Å². The number of thioether (sulfide) groups is 1. The number of anilines is 1. The molecule has 0 unspecified atom stereocenters. The highest BCUT2D eigenvalue weighted by Gasteiger charge is 2.21. The van der Waals surface area contributed by atoms with Gasteiger partial charge in [-0.2, -0.15) is 0 Å². The maximum Gasteiger partial charge on any atom is 0.233 e. The fourth-order valence-electron chi connectivity index (χ4n) is 3.29. The van der Waals surface area contributed by atoms with Crippen molar-refractivity contribution in [1.29, 1.82) is 0 Å². The quantitative estimate of drug-likeness (QED) is 0.339. The minimum absolute atomic E-state index is 0.0925. The minimum Gasteiger partial charge on any atom is -0.283 e. The molecule has 0 fully saturated rings. The van der Waals surface area contributed by atoms with E-state index in [1.807, 2.05) is 48.7 Å². The Balaban J connectivity index is 1.65. The molecule has 0 aliphatic carbocycles. The predicted octanol–water partition coefficient (Wildman–Crippen LogP) is 5.20. The average Bonchev–Trinajstić information content (AvgIpc) is 3.20. The van der Waals surface area contributed by atoms with Crippen molar-refractivity contribution < 1.29 is 13.2 Å². The number of fused-ring (bicyclic) bond motifs is 1. The number of thiazole rings is 1. The topological polar surface area (TPSA) is 67.3 Å². The summed E-state index contributed by atoms with van der Waals surface area (Å²) in [6, 6.07) is 22.4. The predicted molar refractivity (Wildman–Crippen MR) is 132 cm³/mol. The molecule has 0 saturated carbocycles. The summed E-state index contributed by atoms with van der Waals surface area (Å²) < 4.78 is 24.5. The molecule has 1 aromatic heterocycles. The van der Waals surface area contributed by atoms with E-state index in [1.54, 1.807) is 40.9 Å². The van der Waals surface area contributed by atoms with E-state index in [1.165, 1.54) is 17.6 Å². The number of carbonyl (C=O) groups excluding carboxylic acids is 1. The van der Waals surface area contributed by atoms with Gasteiger partial charge in [0.2, 0.25) is 5.91 Å². The van der Waals surface area contributed by atoms with Gasteiger partial charge in [0.15, 0.2) is 15.0 Å². The second-order valence-electron chi connectivity index (χ2n) is 7.39. The third-order valence-electron chi connectivity index (χ3n) is 5.01. The van der Waals surface area contributed by atoms with E-state index < -0.39 is 9.84 Å². The number of sulfone groups is 1. The second kappa shape index (κ2) is 9.44. The molecule has 1 amide bonds. The van der Waals surface area contributed by atoms with Crippen molar-refractivity contribution in [1.82, 2.24) is 4.98 Å². The Labute approximate surface area is 196 Å². The van der Waals surface area contributed by atoms with Gasteiger partial charge in [0, 0.05) is 11.2 Å². The van der Waals surface area contributed by atoms with Crippen molar-refractivity contribution >= 4 is 54.2 Å². The van der Waals surface area contributed by atoms with Crippen molar-refractivity contribution in [3.05, 3.63) is 83.9 Å². The lowest BCUT2D eigenvalue weighted by atomic mass is 10.1. The second-order valence-corrected chi connectivity index (χ2v) is 11.3. The van der Waals surface area contributed by atoms with Crippen LogP contribution in [0.1, 0.15) is 11.1 Å². The molecular weight excluding hydrogens is 460 g/mol. The van der Waals surface area contributed by atoms with Crippen LogP contribution in [0, 0.1) is 0 Å². The highest BCUT2D eigenvalue weighted by atomic mass is 32.2. The van der Waals surface area contributed by atoms with Crippen LogP contribution < -0.4 is 4.90 Å². The number of hydrogen-bond acceptors (Lipinski definition) is 6. The number of rotatable bonds is 7. The van der Waals surface area contributed by atoms with Gasteiger partial charge in [-0.05, 0) is 47.7 Å². The van der Waals surface area contributed by atoms with Crippen LogP contribution in [0.5, 0.6) is 0 Å². The first kappa shape index (κ1) is 22.5. The Morgan fingerprint density at radius 3 is 2.38 bits per heavy atom. The SMILES string of the molecule is CSc1ccc2nc(N(Cc3ccccc3)C(=O)Cc3ccc(S(C)(=O)=O)cc3)sc2c1. The molecule has 0 aliphatic rings. The standard InChI is InChI=1S/C24H22N2O3S3/c1-30-19-10-13-21-22(15-19)31-24(25-21)26(16-18-6-4-3-5-7-18)23(27)14-17-8-11-20(12-9-17)32(2,28)29/h3-13,15H,14,16H2,1-2H3. The maximum absolute atomic E-state index is 13.4. The molecule has 0 atom stereocenters. The number of carbonyl (C=O) groups is 1. The zero-order chi connectivity index (χ0) is 22.7. The Bertz CT molecular complexity index is 1350. The molecule has 4 aromatic rings. The van der Waals surface area contributed by atoms with E-state index in [2.05, 4.69) is 6.07 Å². The molecule has 0 bridgehead atoms. The number of aromatic nitrogens is 1. The van der Waals surface area contributed by atoms with Crippen LogP contribution in [0.25, 0.3) is 10.2 Å². The number of benzene rings is 3. The van der Waals surface area contributed by atoms with Crippen molar-refractivity contribution in [3.63, 3.8) is 0 Å². The van der Waals surface area contributed by atoms with E-state index >= 15 is 0 Å². The largest absolute Gasteiger partial charge is 0.283 e. The minimum atomic E-state index is -3.27. The summed E-state index contributed by atoms with van der Waals surface area (Å²) in [5.41, 5.74) is 2.63. The Hall–Kier alpha value is -2.68. The summed E-state index contributed by atoms with van der Waals surface area (Å²) in [5.74, 6) is -0.0925. The summed E-state index contributed by atoms with van der Waals surface area (Å²) in [6.45, 7) is 0.413. The number of nitrogens with zero attached hydrogens (tertiary/aromatic N) is 2. The summed E-state index contributed by atoms with van der Waals surface area (Å²) >= 11 is 3.17. The molecule has 1 heterocycles. The van der Waals surface area contributed by atoms with Gasteiger partial charge in [-0.3, -0.25) is 9.69 Å². The van der Waals surface area contributed by atoms with Crippen LogP contribution in [-0.2, 0) is 27.6 Å². The lowest BCUT2D eigenvalue weighted by Crippen LogP contribution is -2.31. The molecule has 5 nitrogen and oxygen atoms in total. The van der Waals surface area contributed by atoms with E-state index in [4.69, 9.17) is 4.98 Å². The monoisotopic (exact) mass is 482 g/mol. The summed E-state index contributed by atoms with van der Waals surface area (Å²) in [6.07, 6.45) is 3.36. The molecule has 32 heavy (non-hydrogen) atoms. The van der Waals surface area contributed by atoms with Gasteiger partial charge in [-0.1, -0.05) is 53.8 Å². The van der Waals surface area contributed by atoms with Crippen molar-refractivity contribution in [2.45, 2.75) is 22.8 Å². The molecular formula is C24H22N2O3S3. The molecule has 0 aliphatic heterocycles. The van der Waals surface area contributed by atoms with Crippen LogP contribution in [0.4, 0.5) is 5.13 Å². The smallest absolute Gasteiger partial charge is 0.233 e. The molecule has 0 radical (unpaired) electrons. The van der Waals surface area contributed by atoms with Crippen LogP contribution in [0.2, 0.25) is 0 Å². The first-order valence-corrected chi connectivity index (χ1v) is 13.8. The maximum atomic E-state index is 13.4. The van der Waals surface area contributed by atoms with Gasteiger partial charge in [-0.25, -0.2) is 13.4 Å². The zero-order valence-electron chi connectivity index (χ0n) is 17.7. The molecule has 3 aromatic carbocycles. The first-order chi connectivity index (χ1) is 15.3. The van der Waals surface area contributed by atoms with Crippen LogP contribution in [-0.4, -0.2) is 31.8 Å². The molecule has 164 valence electrons. The van der Waals surface area contributed by atoms with Gasteiger partial charge < -0.3 is 0 Å². The normalized spacial score (nSPS) is 11.6. The molecule has 8 heteroatoms. The molecule has 4 rings (SSSR count). The van der Waals surface area contributed by atoms with Gasteiger partial charge in [-0.15, -0.1) is 11.8 Å². The van der Waals surface area contributed by atoms with Crippen LogP contribution >= 0.6 is 23.1 Å². The molecule has 0 N–H and O–H groups in total. The summed E-state index contributed by atoms with van der Waals surface area (Å²) in [5, 5.41) is 0.653. The highest BCUT2D eigenvalue weighted by molar-refractivity contribution is 7.98. The Morgan fingerprint density at radius 1 is 1.00 bits per heavy atom. The third-order valence-corrected chi connectivity index (χ3v) is 7.90. The summed E-state index contributed by atoms with van der Waals surface area (Å²) in [4.78, 5) is 21.2. The molecule has 0 spiro atoms. The fraction of sp³-hybridized carbons (Fsp3) is 0.167. The van der Waals surface area contributed by atoms with Crippen molar-refractivity contribution in [2.24, 2.45) is 0 Å². The number of hydrogen-bond donors (Lipinski definition) is 0. The van der Waals surface area contributed by atoms with Crippen LogP contribution in [0.3, 0.4) is 0 Å². The van der Waals surface area contributed by atoms with Crippen molar-refractivity contribution in [2.75, 3.05) is 17.4 Å². The van der Waals surface area contributed by atoms with Gasteiger partial charge in [0.05, 0.1) is 28.1 Å². The summed E-state index contributed by atoms with van der Waals surface area (Å²) in [7, 11) is -3.27. The van der Waals surface area contributed by atoms with E-state index in [0.29, 0.717) is 11.7 Å². The van der Waals surface area contributed by atoms with E-state index in [9.17, 15) is 13.2 Å².